The average Bonchev–Trinajstić information content (AvgIpc) is 2.68. The first-order valence-corrected chi connectivity index (χ1v) is 9.15. The van der Waals surface area contributed by atoms with Crippen molar-refractivity contribution in [2.45, 2.75) is 45.3 Å². The highest BCUT2D eigenvalue weighted by atomic mass is 16.3. The molecule has 2 N–H and O–H groups in total. The number of hydrogen-bond donors (Lipinski definition) is 2. The van der Waals surface area contributed by atoms with Crippen LogP contribution in [0.4, 0.5) is 11.6 Å². The monoisotopic (exact) mass is 351 g/mol. The van der Waals surface area contributed by atoms with E-state index in [4.69, 9.17) is 5.26 Å². The summed E-state index contributed by atoms with van der Waals surface area (Å²) in [7, 11) is 0. The van der Waals surface area contributed by atoms with E-state index in [1.807, 2.05) is 6.92 Å². The summed E-state index contributed by atoms with van der Waals surface area (Å²) in [6.45, 7) is 5.73. The first-order valence-electron chi connectivity index (χ1n) is 9.15. The normalized spacial score (nSPS) is 16.8. The Morgan fingerprint density at radius 2 is 2.08 bits per heavy atom. The minimum Gasteiger partial charge on any atom is -0.379 e. The van der Waals surface area contributed by atoms with Gasteiger partial charge in [-0.1, -0.05) is 6.92 Å². The quantitative estimate of drug-likeness (QED) is 0.861. The fraction of sp³-hybridized carbons (Fsp3) is 0.450. The second-order valence-electron chi connectivity index (χ2n) is 6.74. The van der Waals surface area contributed by atoms with Crippen molar-refractivity contribution < 1.29 is 5.11 Å². The number of aliphatic hydroxyl groups is 1. The molecule has 26 heavy (non-hydrogen) atoms. The standard InChI is InChI=1S/C20H25N5O/c1-3-18-11-17(16-5-8-25(9-6-16)14(2)26)12-20(23-18)24-19-10-15(13-21)4-7-22-19/h4,7,10-12,14,16,26H,3,5-6,8-9H2,1-2H3,(H,22,23,24). The summed E-state index contributed by atoms with van der Waals surface area (Å²) in [5.41, 5.74) is 2.89. The third-order valence-electron chi connectivity index (χ3n) is 4.94. The number of aryl methyl sites for hydroxylation is 1. The Balaban J connectivity index is 1.79. The molecule has 1 fully saturated rings. The first-order chi connectivity index (χ1) is 12.6. The predicted molar refractivity (Wildman–Crippen MR) is 101 cm³/mol. The number of likely N-dealkylation sites (tertiary alicyclic amines) is 1. The van der Waals surface area contributed by atoms with Crippen LogP contribution < -0.4 is 5.32 Å². The summed E-state index contributed by atoms with van der Waals surface area (Å²) in [4.78, 5) is 11.0. The van der Waals surface area contributed by atoms with Crippen molar-refractivity contribution in [2.75, 3.05) is 18.4 Å². The molecular weight excluding hydrogens is 326 g/mol. The van der Waals surface area contributed by atoms with Gasteiger partial charge in [0.25, 0.3) is 0 Å². The van der Waals surface area contributed by atoms with Crippen LogP contribution >= 0.6 is 0 Å². The van der Waals surface area contributed by atoms with Crippen LogP contribution in [0.3, 0.4) is 0 Å². The second-order valence-corrected chi connectivity index (χ2v) is 6.74. The molecule has 1 aliphatic rings. The molecule has 0 aromatic carbocycles. The molecule has 2 aromatic heterocycles. The van der Waals surface area contributed by atoms with Crippen molar-refractivity contribution in [1.29, 1.82) is 5.26 Å². The summed E-state index contributed by atoms with van der Waals surface area (Å²) >= 11 is 0. The van der Waals surface area contributed by atoms with Crippen LogP contribution in [0, 0.1) is 11.3 Å². The SMILES string of the molecule is CCc1cc(C2CCN(C(C)O)CC2)cc(Nc2cc(C#N)ccn2)n1. The van der Waals surface area contributed by atoms with Crippen molar-refractivity contribution in [3.8, 4) is 6.07 Å². The van der Waals surface area contributed by atoms with Gasteiger partial charge in [0.2, 0.25) is 0 Å². The lowest BCUT2D eigenvalue weighted by atomic mass is 9.89. The van der Waals surface area contributed by atoms with Gasteiger partial charge in [0, 0.05) is 25.0 Å². The molecule has 3 rings (SSSR count). The zero-order valence-corrected chi connectivity index (χ0v) is 15.3. The van der Waals surface area contributed by atoms with E-state index < -0.39 is 0 Å². The minimum absolute atomic E-state index is 0.379. The first kappa shape index (κ1) is 18.3. The molecule has 1 aliphatic heterocycles. The van der Waals surface area contributed by atoms with E-state index in [1.165, 1.54) is 5.56 Å². The predicted octanol–water partition coefficient (Wildman–Crippen LogP) is 3.17. The maximum atomic E-state index is 9.74. The lowest BCUT2D eigenvalue weighted by Gasteiger charge is -2.34. The molecule has 2 aromatic rings. The Kier molecular flexibility index (Phi) is 5.82. The summed E-state index contributed by atoms with van der Waals surface area (Å²) in [5, 5.41) is 22.0. The van der Waals surface area contributed by atoms with E-state index in [1.54, 1.807) is 18.3 Å². The number of rotatable bonds is 5. The highest BCUT2D eigenvalue weighted by molar-refractivity contribution is 5.55. The van der Waals surface area contributed by atoms with Gasteiger partial charge < -0.3 is 10.4 Å². The van der Waals surface area contributed by atoms with E-state index in [0.29, 0.717) is 17.3 Å². The third-order valence-corrected chi connectivity index (χ3v) is 4.94. The Morgan fingerprint density at radius 1 is 1.31 bits per heavy atom. The number of aromatic nitrogens is 2. The highest BCUT2D eigenvalue weighted by Gasteiger charge is 2.23. The van der Waals surface area contributed by atoms with Crippen molar-refractivity contribution in [2.24, 2.45) is 0 Å². The smallest absolute Gasteiger partial charge is 0.132 e. The van der Waals surface area contributed by atoms with Crippen molar-refractivity contribution in [3.63, 3.8) is 0 Å². The van der Waals surface area contributed by atoms with Gasteiger partial charge in [-0.2, -0.15) is 5.26 Å². The molecule has 6 heteroatoms. The fourth-order valence-corrected chi connectivity index (χ4v) is 3.40. The molecule has 6 nitrogen and oxygen atoms in total. The van der Waals surface area contributed by atoms with Crippen LogP contribution in [-0.4, -0.2) is 39.3 Å². The maximum Gasteiger partial charge on any atom is 0.132 e. The zero-order valence-electron chi connectivity index (χ0n) is 15.3. The number of anilines is 2. The summed E-state index contributed by atoms with van der Waals surface area (Å²) in [6, 6.07) is 9.81. The highest BCUT2D eigenvalue weighted by Crippen LogP contribution is 2.31. The Labute approximate surface area is 154 Å². The van der Waals surface area contributed by atoms with Gasteiger partial charge in [-0.3, -0.25) is 4.90 Å². The van der Waals surface area contributed by atoms with Crippen molar-refractivity contribution >= 4 is 11.6 Å². The molecular formula is C20H25N5O. The lowest BCUT2D eigenvalue weighted by molar-refractivity contribution is 0.00304. The molecule has 1 atom stereocenters. The van der Waals surface area contributed by atoms with Gasteiger partial charge in [0.05, 0.1) is 11.6 Å². The Hall–Kier alpha value is -2.49. The van der Waals surface area contributed by atoms with Gasteiger partial charge >= 0.3 is 0 Å². The molecule has 1 unspecified atom stereocenters. The largest absolute Gasteiger partial charge is 0.379 e. The number of hydrogen-bond acceptors (Lipinski definition) is 6. The summed E-state index contributed by atoms with van der Waals surface area (Å²) < 4.78 is 0. The topological polar surface area (TPSA) is 85.1 Å². The van der Waals surface area contributed by atoms with Crippen LogP contribution in [0.25, 0.3) is 0 Å². The number of nitrogens with one attached hydrogen (secondary N) is 1. The van der Waals surface area contributed by atoms with Gasteiger partial charge in [-0.25, -0.2) is 9.97 Å². The molecule has 0 bridgehead atoms. The van der Waals surface area contributed by atoms with E-state index in [2.05, 4.69) is 45.3 Å². The maximum absolute atomic E-state index is 9.74. The second kappa shape index (κ2) is 8.26. The van der Waals surface area contributed by atoms with Crippen molar-refractivity contribution in [1.82, 2.24) is 14.9 Å². The third kappa shape index (κ3) is 4.37. The van der Waals surface area contributed by atoms with E-state index in [9.17, 15) is 5.11 Å². The number of aliphatic hydroxyl groups excluding tert-OH is 1. The van der Waals surface area contributed by atoms with Gasteiger partial charge in [0.15, 0.2) is 0 Å². The van der Waals surface area contributed by atoms with E-state index in [0.717, 1.165) is 43.9 Å². The number of nitrogens with zero attached hydrogens (tertiary/aromatic N) is 4. The van der Waals surface area contributed by atoms with Crippen LogP contribution in [0.15, 0.2) is 30.5 Å². The summed E-state index contributed by atoms with van der Waals surface area (Å²) in [6.07, 6.45) is 4.16. The van der Waals surface area contributed by atoms with Crippen LogP contribution in [0.5, 0.6) is 0 Å². The van der Waals surface area contributed by atoms with Crippen LogP contribution in [0.1, 0.15) is 49.4 Å². The average molecular weight is 351 g/mol. The Bertz CT molecular complexity index is 791. The van der Waals surface area contributed by atoms with E-state index >= 15 is 0 Å². The number of nitriles is 1. The summed E-state index contributed by atoms with van der Waals surface area (Å²) in [5.74, 6) is 1.86. The lowest BCUT2D eigenvalue weighted by Crippen LogP contribution is -2.39. The fourth-order valence-electron chi connectivity index (χ4n) is 3.40. The van der Waals surface area contributed by atoms with Gasteiger partial charge in [-0.15, -0.1) is 0 Å². The molecule has 1 saturated heterocycles. The molecule has 0 aliphatic carbocycles. The number of piperidine rings is 1. The van der Waals surface area contributed by atoms with E-state index in [-0.39, 0.29) is 6.23 Å². The molecule has 0 saturated carbocycles. The van der Waals surface area contributed by atoms with Gasteiger partial charge in [0.1, 0.15) is 17.9 Å². The minimum atomic E-state index is -0.379. The molecule has 136 valence electrons. The van der Waals surface area contributed by atoms with Gasteiger partial charge in [-0.05, 0) is 61.9 Å². The van der Waals surface area contributed by atoms with Crippen LogP contribution in [0.2, 0.25) is 0 Å². The zero-order chi connectivity index (χ0) is 18.5. The molecule has 0 radical (unpaired) electrons. The van der Waals surface area contributed by atoms with Crippen molar-refractivity contribution in [3.05, 3.63) is 47.3 Å². The molecule has 3 heterocycles. The molecule has 0 amide bonds. The molecule has 0 spiro atoms. The van der Waals surface area contributed by atoms with Crippen LogP contribution in [-0.2, 0) is 6.42 Å². The number of pyridine rings is 2. The Morgan fingerprint density at radius 3 is 2.73 bits per heavy atom.